The first-order valence-electron chi connectivity index (χ1n) is 17.9. The third-order valence-corrected chi connectivity index (χ3v) is 8.66. The van der Waals surface area contributed by atoms with Gasteiger partial charge in [-0.25, -0.2) is 4.79 Å². The van der Waals surface area contributed by atoms with Crippen molar-refractivity contribution < 1.29 is 24.1 Å². The molecular weight excluding hydrogens is 586 g/mol. The minimum atomic E-state index is -0.821. The molecule has 258 valence electrons. The fourth-order valence-electron chi connectivity index (χ4n) is 5.80. The summed E-state index contributed by atoms with van der Waals surface area (Å²) in [6.07, 6.45) is 14.3. The van der Waals surface area contributed by atoms with E-state index in [2.05, 4.69) is 61.5 Å². The monoisotopic (exact) mass is 645 g/mol. The van der Waals surface area contributed by atoms with Crippen molar-refractivity contribution in [2.45, 2.75) is 117 Å². The van der Waals surface area contributed by atoms with Crippen LogP contribution in [-0.2, 0) is 0 Å². The number of hydrogen-bond donors (Lipinski definition) is 1. The Labute approximate surface area is 284 Å². The maximum Gasteiger partial charge on any atom is 0.407 e. The molecule has 1 N–H and O–H groups in total. The molecule has 0 bridgehead atoms. The molecule has 6 nitrogen and oxygen atoms in total. The van der Waals surface area contributed by atoms with Crippen LogP contribution in [-0.4, -0.2) is 48.5 Å². The summed E-state index contributed by atoms with van der Waals surface area (Å²) in [5.41, 5.74) is 4.20. The third-order valence-electron chi connectivity index (χ3n) is 8.66. The molecule has 0 saturated carbocycles. The summed E-state index contributed by atoms with van der Waals surface area (Å²) in [4.78, 5) is 13.0. The maximum absolute atomic E-state index is 11.5. The molecule has 3 rings (SSSR count). The van der Waals surface area contributed by atoms with Gasteiger partial charge in [0, 0.05) is 23.7 Å². The Balaban J connectivity index is 1.37. The lowest BCUT2D eigenvalue weighted by atomic mass is 9.99. The lowest BCUT2D eigenvalue weighted by molar-refractivity contribution is 0.0989. The van der Waals surface area contributed by atoms with Crippen LogP contribution in [0.1, 0.15) is 111 Å². The van der Waals surface area contributed by atoms with E-state index in [4.69, 9.17) is 14.2 Å². The predicted molar refractivity (Wildman–Crippen MR) is 195 cm³/mol. The molecule has 0 heterocycles. The molecular formula is C41H59NO5. The van der Waals surface area contributed by atoms with Gasteiger partial charge in [-0.2, -0.15) is 0 Å². The summed E-state index contributed by atoms with van der Waals surface area (Å²) in [6.45, 7) is 10.1. The lowest BCUT2D eigenvalue weighted by Gasteiger charge is -2.33. The fourth-order valence-corrected chi connectivity index (χ4v) is 5.80. The normalized spacial score (nSPS) is 11.3. The number of carbonyl (C=O) groups is 1. The van der Waals surface area contributed by atoms with Gasteiger partial charge in [-0.15, -0.1) is 0 Å². The van der Waals surface area contributed by atoms with Crippen LogP contribution in [0.2, 0.25) is 0 Å². The molecule has 47 heavy (non-hydrogen) atoms. The molecule has 0 aromatic heterocycles. The second-order valence-electron chi connectivity index (χ2n) is 13.5. The Hall–Kier alpha value is -3.67. The summed E-state index contributed by atoms with van der Waals surface area (Å²) in [7, 11) is 1.69. The number of amides is 1. The molecule has 1 amide bonds. The van der Waals surface area contributed by atoms with Crippen LogP contribution in [0, 0.1) is 0 Å². The van der Waals surface area contributed by atoms with E-state index in [-0.39, 0.29) is 5.54 Å². The first-order chi connectivity index (χ1) is 22.7. The summed E-state index contributed by atoms with van der Waals surface area (Å²) in [5.74, 6) is 2.58. The van der Waals surface area contributed by atoms with Crippen LogP contribution in [0.25, 0.3) is 22.3 Å². The van der Waals surface area contributed by atoms with E-state index in [1.54, 1.807) is 12.0 Å². The van der Waals surface area contributed by atoms with Crippen molar-refractivity contribution in [1.82, 2.24) is 4.90 Å². The molecule has 0 fully saturated rings. The molecule has 0 unspecified atom stereocenters. The molecule has 0 atom stereocenters. The molecule has 0 radical (unpaired) electrons. The van der Waals surface area contributed by atoms with Gasteiger partial charge in [-0.1, -0.05) is 108 Å². The summed E-state index contributed by atoms with van der Waals surface area (Å²) in [6, 6.07) is 23.1. The molecule has 0 spiro atoms. The van der Waals surface area contributed by atoms with E-state index in [1.165, 1.54) is 62.5 Å². The topological polar surface area (TPSA) is 68.2 Å². The van der Waals surface area contributed by atoms with Crippen molar-refractivity contribution in [2.75, 3.05) is 26.9 Å². The highest BCUT2D eigenvalue weighted by Crippen LogP contribution is 2.35. The van der Waals surface area contributed by atoms with E-state index in [0.717, 1.165) is 67.1 Å². The second-order valence-corrected chi connectivity index (χ2v) is 13.5. The van der Waals surface area contributed by atoms with Crippen LogP contribution < -0.4 is 14.2 Å². The van der Waals surface area contributed by atoms with Gasteiger partial charge < -0.3 is 24.2 Å². The van der Waals surface area contributed by atoms with Gasteiger partial charge in [0.2, 0.25) is 0 Å². The zero-order chi connectivity index (χ0) is 33.9. The van der Waals surface area contributed by atoms with Crippen LogP contribution in [0.4, 0.5) is 4.79 Å². The van der Waals surface area contributed by atoms with E-state index in [9.17, 15) is 9.90 Å². The van der Waals surface area contributed by atoms with Gasteiger partial charge in [0.1, 0.15) is 17.2 Å². The summed E-state index contributed by atoms with van der Waals surface area (Å²) >= 11 is 0. The average molecular weight is 646 g/mol. The van der Waals surface area contributed by atoms with Gasteiger partial charge >= 0.3 is 6.09 Å². The lowest BCUT2D eigenvalue weighted by Crippen LogP contribution is -2.45. The molecule has 3 aromatic carbocycles. The summed E-state index contributed by atoms with van der Waals surface area (Å²) in [5, 5.41) is 9.41. The molecule has 0 aliphatic rings. The highest BCUT2D eigenvalue weighted by molar-refractivity contribution is 5.75. The zero-order valence-electron chi connectivity index (χ0n) is 29.7. The van der Waals surface area contributed by atoms with Gasteiger partial charge in [-0.3, -0.25) is 0 Å². The number of unbranched alkanes of at least 4 members (excludes halogenated alkanes) is 11. The van der Waals surface area contributed by atoms with Crippen LogP contribution in [0.5, 0.6) is 17.2 Å². The van der Waals surface area contributed by atoms with Crippen molar-refractivity contribution in [2.24, 2.45) is 0 Å². The number of ether oxygens (including phenoxy) is 3. The molecule has 0 saturated heterocycles. The van der Waals surface area contributed by atoms with Crippen molar-refractivity contribution in [1.29, 1.82) is 0 Å². The number of rotatable bonds is 22. The SMILES string of the molecule is CCCCCOc1ccc(-c2ccc(-c3ccc(OC)cc3OCCCCCCCCCCCCN(C(=O)O)C(C)(C)C)cc2)cc1. The molecule has 6 heteroatoms. The first kappa shape index (κ1) is 37.8. The minimum absolute atomic E-state index is 0.336. The van der Waals surface area contributed by atoms with E-state index in [1.807, 2.05) is 32.9 Å². The highest BCUT2D eigenvalue weighted by Gasteiger charge is 2.25. The van der Waals surface area contributed by atoms with Crippen molar-refractivity contribution in [3.05, 3.63) is 66.7 Å². The number of hydrogen-bond acceptors (Lipinski definition) is 4. The Bertz CT molecular complexity index is 1300. The van der Waals surface area contributed by atoms with Crippen molar-refractivity contribution in [3.8, 4) is 39.5 Å². The minimum Gasteiger partial charge on any atom is -0.497 e. The molecule has 0 aliphatic carbocycles. The number of carboxylic acid groups (broad SMARTS) is 1. The van der Waals surface area contributed by atoms with Crippen LogP contribution in [0.3, 0.4) is 0 Å². The smallest absolute Gasteiger partial charge is 0.407 e. The van der Waals surface area contributed by atoms with Crippen LogP contribution >= 0.6 is 0 Å². The average Bonchev–Trinajstić information content (AvgIpc) is 3.06. The Kier molecular flexibility index (Phi) is 16.5. The Morgan fingerprint density at radius 1 is 0.638 bits per heavy atom. The van der Waals surface area contributed by atoms with Crippen LogP contribution in [0.15, 0.2) is 66.7 Å². The largest absolute Gasteiger partial charge is 0.497 e. The second kappa shape index (κ2) is 20.5. The predicted octanol–water partition coefficient (Wildman–Crippen LogP) is 11.7. The Morgan fingerprint density at radius 2 is 1.13 bits per heavy atom. The zero-order valence-corrected chi connectivity index (χ0v) is 29.7. The maximum atomic E-state index is 11.5. The molecule has 3 aromatic rings. The fraction of sp³-hybridized carbons (Fsp3) is 0.537. The van der Waals surface area contributed by atoms with Gasteiger partial charge in [0.15, 0.2) is 0 Å². The highest BCUT2D eigenvalue weighted by atomic mass is 16.5. The van der Waals surface area contributed by atoms with E-state index >= 15 is 0 Å². The van der Waals surface area contributed by atoms with Crippen molar-refractivity contribution >= 4 is 6.09 Å². The Morgan fingerprint density at radius 3 is 1.68 bits per heavy atom. The third kappa shape index (κ3) is 13.5. The molecule has 0 aliphatic heterocycles. The van der Waals surface area contributed by atoms with Gasteiger partial charge in [0.25, 0.3) is 0 Å². The number of benzene rings is 3. The number of methoxy groups -OCH3 is 1. The van der Waals surface area contributed by atoms with Gasteiger partial charge in [-0.05, 0) is 81.0 Å². The quantitative estimate of drug-likeness (QED) is 0.110. The van der Waals surface area contributed by atoms with E-state index < -0.39 is 6.09 Å². The number of nitrogens with zero attached hydrogens (tertiary/aromatic N) is 1. The summed E-state index contributed by atoms with van der Waals surface area (Å²) < 4.78 is 17.7. The van der Waals surface area contributed by atoms with Crippen molar-refractivity contribution in [3.63, 3.8) is 0 Å². The standard InChI is InChI=1S/C41H59NO5/c1-6-7-17-30-46-36-25-23-34(24-26-36)33-19-21-35(22-20-33)38-28-27-37(45-5)32-39(38)47-31-18-15-13-11-9-8-10-12-14-16-29-42(40(43)44)41(2,3)4/h19-28,32H,6-18,29-31H2,1-5H3,(H,43,44). The first-order valence-corrected chi connectivity index (χ1v) is 17.9. The van der Waals surface area contributed by atoms with E-state index in [0.29, 0.717) is 13.2 Å². The van der Waals surface area contributed by atoms with Gasteiger partial charge in [0.05, 0.1) is 20.3 Å².